The van der Waals surface area contributed by atoms with Crippen LogP contribution in [0.4, 0.5) is 10.1 Å². The van der Waals surface area contributed by atoms with Gasteiger partial charge in [-0.05, 0) is 31.2 Å². The summed E-state index contributed by atoms with van der Waals surface area (Å²) in [6.07, 6.45) is 1.09. The Hall–Kier alpha value is -3.92. The second-order valence-corrected chi connectivity index (χ2v) is 6.62. The standard InChI is InChI=1S/C19H11ClFN5O4/c1-10-17(22-24-25(10)11-5-7-12(8-6-11)26(28)29)19(27)13-9-30-23-18(13)16-14(20)3-2-4-15(16)21/h2-9H,1H3. The van der Waals surface area contributed by atoms with Gasteiger partial charge in [0, 0.05) is 12.1 Å². The summed E-state index contributed by atoms with van der Waals surface area (Å²) in [4.78, 5) is 23.4. The monoisotopic (exact) mass is 427 g/mol. The molecular formula is C19H11ClFN5O4. The Labute approximate surface area is 172 Å². The van der Waals surface area contributed by atoms with E-state index in [1.54, 1.807) is 6.92 Å². The van der Waals surface area contributed by atoms with E-state index in [2.05, 4.69) is 15.5 Å². The highest BCUT2D eigenvalue weighted by molar-refractivity contribution is 6.33. The molecule has 0 fully saturated rings. The van der Waals surface area contributed by atoms with E-state index in [9.17, 15) is 19.3 Å². The van der Waals surface area contributed by atoms with Crippen LogP contribution in [-0.2, 0) is 0 Å². The van der Waals surface area contributed by atoms with Gasteiger partial charge in [-0.2, -0.15) is 0 Å². The molecular weight excluding hydrogens is 417 g/mol. The fraction of sp³-hybridized carbons (Fsp3) is 0.0526. The van der Waals surface area contributed by atoms with Crippen molar-refractivity contribution in [2.24, 2.45) is 0 Å². The molecule has 0 amide bonds. The van der Waals surface area contributed by atoms with Crippen LogP contribution in [0.15, 0.2) is 53.3 Å². The van der Waals surface area contributed by atoms with Crippen LogP contribution in [0.3, 0.4) is 0 Å². The van der Waals surface area contributed by atoms with E-state index < -0.39 is 16.5 Å². The maximum atomic E-state index is 14.3. The van der Waals surface area contributed by atoms with Crippen LogP contribution in [0.25, 0.3) is 16.9 Å². The van der Waals surface area contributed by atoms with E-state index in [0.717, 1.165) is 6.26 Å². The normalized spacial score (nSPS) is 10.9. The molecule has 0 aliphatic rings. The average molecular weight is 428 g/mol. The Balaban J connectivity index is 1.73. The molecule has 0 unspecified atom stereocenters. The number of carbonyl (C=O) groups excluding carboxylic acids is 1. The third-order valence-corrected chi connectivity index (χ3v) is 4.74. The summed E-state index contributed by atoms with van der Waals surface area (Å²) in [5.74, 6) is -1.24. The predicted molar refractivity (Wildman–Crippen MR) is 103 cm³/mol. The number of ketones is 1. The lowest BCUT2D eigenvalue weighted by Crippen LogP contribution is -2.06. The highest BCUT2D eigenvalue weighted by Gasteiger charge is 2.27. The molecule has 4 aromatic rings. The highest BCUT2D eigenvalue weighted by Crippen LogP contribution is 2.33. The Morgan fingerprint density at radius 3 is 2.63 bits per heavy atom. The zero-order valence-electron chi connectivity index (χ0n) is 15.2. The number of hydrogen-bond acceptors (Lipinski definition) is 7. The van der Waals surface area contributed by atoms with E-state index in [-0.39, 0.29) is 33.2 Å². The molecule has 30 heavy (non-hydrogen) atoms. The van der Waals surface area contributed by atoms with Crippen LogP contribution in [0.2, 0.25) is 5.02 Å². The Kier molecular flexibility index (Phi) is 4.84. The number of hydrogen-bond donors (Lipinski definition) is 0. The average Bonchev–Trinajstić information content (AvgIpc) is 3.34. The van der Waals surface area contributed by atoms with Crippen LogP contribution < -0.4 is 0 Å². The fourth-order valence-electron chi connectivity index (χ4n) is 2.93. The quantitative estimate of drug-likeness (QED) is 0.266. The summed E-state index contributed by atoms with van der Waals surface area (Å²) >= 11 is 6.08. The van der Waals surface area contributed by atoms with Crippen molar-refractivity contribution in [2.45, 2.75) is 6.92 Å². The number of rotatable bonds is 5. The molecule has 2 aromatic heterocycles. The molecule has 150 valence electrons. The molecule has 0 bridgehead atoms. The fourth-order valence-corrected chi connectivity index (χ4v) is 3.18. The minimum absolute atomic E-state index is 0.00901. The van der Waals surface area contributed by atoms with Crippen molar-refractivity contribution in [1.82, 2.24) is 20.2 Å². The van der Waals surface area contributed by atoms with E-state index in [0.29, 0.717) is 11.4 Å². The molecule has 0 aliphatic carbocycles. The van der Waals surface area contributed by atoms with Gasteiger partial charge in [0.15, 0.2) is 5.69 Å². The number of nitro benzene ring substituents is 1. The number of carbonyl (C=O) groups is 1. The number of aromatic nitrogens is 4. The minimum Gasteiger partial charge on any atom is -0.363 e. The number of halogens is 2. The Morgan fingerprint density at radius 2 is 1.97 bits per heavy atom. The molecule has 0 saturated heterocycles. The first kappa shape index (κ1) is 19.4. The van der Waals surface area contributed by atoms with Gasteiger partial charge in [0.05, 0.1) is 32.5 Å². The SMILES string of the molecule is Cc1c(C(=O)c2conc2-c2c(F)cccc2Cl)nnn1-c1ccc([N+](=O)[O-])cc1. The molecule has 4 rings (SSSR count). The van der Waals surface area contributed by atoms with Gasteiger partial charge in [-0.15, -0.1) is 5.10 Å². The number of benzene rings is 2. The summed E-state index contributed by atoms with van der Waals surface area (Å²) in [7, 11) is 0. The first-order valence-corrected chi connectivity index (χ1v) is 8.87. The summed E-state index contributed by atoms with van der Waals surface area (Å²) in [5, 5.41) is 22.5. The smallest absolute Gasteiger partial charge is 0.269 e. The van der Waals surface area contributed by atoms with Crippen LogP contribution >= 0.6 is 11.6 Å². The minimum atomic E-state index is -0.656. The molecule has 0 saturated carbocycles. The van der Waals surface area contributed by atoms with Gasteiger partial charge >= 0.3 is 0 Å². The van der Waals surface area contributed by atoms with E-state index >= 15 is 0 Å². The highest BCUT2D eigenvalue weighted by atomic mass is 35.5. The summed E-state index contributed by atoms with van der Waals surface area (Å²) in [5.41, 5.74) is 0.631. The van der Waals surface area contributed by atoms with Crippen molar-refractivity contribution in [3.63, 3.8) is 0 Å². The summed E-state index contributed by atoms with van der Waals surface area (Å²) in [6.45, 7) is 1.61. The summed E-state index contributed by atoms with van der Waals surface area (Å²) < 4.78 is 20.6. The van der Waals surface area contributed by atoms with Crippen molar-refractivity contribution >= 4 is 23.1 Å². The second-order valence-electron chi connectivity index (χ2n) is 6.21. The van der Waals surface area contributed by atoms with Crippen molar-refractivity contribution in [1.29, 1.82) is 0 Å². The lowest BCUT2D eigenvalue weighted by Gasteiger charge is -2.05. The van der Waals surface area contributed by atoms with Gasteiger partial charge in [0.2, 0.25) is 5.78 Å². The zero-order valence-corrected chi connectivity index (χ0v) is 16.0. The predicted octanol–water partition coefficient (Wildman–Crippen LogP) is 4.16. The second kappa shape index (κ2) is 7.48. The van der Waals surface area contributed by atoms with Crippen LogP contribution in [0, 0.1) is 22.9 Å². The van der Waals surface area contributed by atoms with E-state index in [1.807, 2.05) is 0 Å². The van der Waals surface area contributed by atoms with Gasteiger partial charge < -0.3 is 4.52 Å². The molecule has 0 atom stereocenters. The van der Waals surface area contributed by atoms with Gasteiger partial charge in [-0.1, -0.05) is 28.0 Å². The van der Waals surface area contributed by atoms with Crippen LogP contribution in [-0.4, -0.2) is 30.9 Å². The van der Waals surface area contributed by atoms with Crippen LogP contribution in [0.5, 0.6) is 0 Å². The largest absolute Gasteiger partial charge is 0.363 e. The third-order valence-electron chi connectivity index (χ3n) is 4.43. The Bertz CT molecular complexity index is 1260. The maximum absolute atomic E-state index is 14.3. The molecule has 2 aromatic carbocycles. The Morgan fingerprint density at radius 1 is 1.23 bits per heavy atom. The van der Waals surface area contributed by atoms with Crippen molar-refractivity contribution in [2.75, 3.05) is 0 Å². The first-order chi connectivity index (χ1) is 14.4. The number of non-ortho nitro benzene ring substituents is 1. The molecule has 11 heteroatoms. The van der Waals surface area contributed by atoms with Crippen molar-refractivity contribution < 1.29 is 18.6 Å². The number of nitrogens with zero attached hydrogens (tertiary/aromatic N) is 5. The molecule has 0 spiro atoms. The van der Waals surface area contributed by atoms with E-state index in [1.165, 1.54) is 47.1 Å². The maximum Gasteiger partial charge on any atom is 0.269 e. The lowest BCUT2D eigenvalue weighted by molar-refractivity contribution is -0.384. The molecule has 0 radical (unpaired) electrons. The van der Waals surface area contributed by atoms with Crippen molar-refractivity contribution in [3.8, 4) is 16.9 Å². The third kappa shape index (κ3) is 3.22. The first-order valence-electron chi connectivity index (χ1n) is 8.49. The van der Waals surface area contributed by atoms with Crippen molar-refractivity contribution in [3.05, 3.63) is 86.6 Å². The van der Waals surface area contributed by atoms with Gasteiger partial charge in [0.1, 0.15) is 17.8 Å². The topological polar surface area (TPSA) is 117 Å². The number of nitro groups is 1. The van der Waals surface area contributed by atoms with E-state index in [4.69, 9.17) is 16.1 Å². The molecule has 0 N–H and O–H groups in total. The molecule has 2 heterocycles. The van der Waals surface area contributed by atoms with Gasteiger partial charge in [-0.25, -0.2) is 9.07 Å². The molecule has 9 nitrogen and oxygen atoms in total. The summed E-state index contributed by atoms with van der Waals surface area (Å²) in [6, 6.07) is 9.70. The van der Waals surface area contributed by atoms with Gasteiger partial charge in [0.25, 0.3) is 5.69 Å². The molecule has 0 aliphatic heterocycles. The van der Waals surface area contributed by atoms with Crippen LogP contribution in [0.1, 0.15) is 21.7 Å². The lowest BCUT2D eigenvalue weighted by atomic mass is 10.0. The van der Waals surface area contributed by atoms with Gasteiger partial charge in [-0.3, -0.25) is 14.9 Å². The zero-order chi connectivity index (χ0) is 21.4.